The molecule has 0 unspecified atom stereocenters. The van der Waals surface area contributed by atoms with Crippen LogP contribution in [0, 0.1) is 0 Å². The number of thioether (sulfide) groups is 1. The molecule has 0 saturated carbocycles. The lowest BCUT2D eigenvalue weighted by Crippen LogP contribution is -2.21. The van der Waals surface area contributed by atoms with Crippen LogP contribution in [0.5, 0.6) is 0 Å². The number of carbonyl (C=O) groups excluding carboxylic acids is 3. The molecule has 0 aliphatic carbocycles. The average Bonchev–Trinajstić information content (AvgIpc) is 2.62. The first-order valence-corrected chi connectivity index (χ1v) is 9.05. The van der Waals surface area contributed by atoms with E-state index < -0.39 is 17.8 Å². The van der Waals surface area contributed by atoms with Gasteiger partial charge in [0.1, 0.15) is 0 Å². The molecule has 0 aromatic heterocycles. The Morgan fingerprint density at radius 1 is 1.08 bits per heavy atom. The van der Waals surface area contributed by atoms with Crippen LogP contribution in [0.3, 0.4) is 0 Å². The molecule has 2 amide bonds. The largest absolute Gasteiger partial charge is 0.456 e. The standard InChI is InChI=1S/C18H17ClN2O4S/c19-14-3-1-2-4-15(14)26-10-9-17(23)25-11-16(22)21-13-7-5-12(6-8-13)18(20)24/h1-8H,9-11H2,(H2,20,24)(H,21,22). The second-order valence-corrected chi connectivity index (χ2v) is 6.72. The molecule has 2 aromatic rings. The zero-order valence-corrected chi connectivity index (χ0v) is 15.3. The molecule has 2 aromatic carbocycles. The normalized spacial score (nSPS) is 10.2. The molecule has 0 atom stereocenters. The summed E-state index contributed by atoms with van der Waals surface area (Å²) < 4.78 is 4.93. The first-order valence-electron chi connectivity index (χ1n) is 7.68. The number of halogens is 1. The summed E-state index contributed by atoms with van der Waals surface area (Å²) >= 11 is 7.48. The maximum atomic E-state index is 11.8. The summed E-state index contributed by atoms with van der Waals surface area (Å²) in [4.78, 5) is 35.3. The summed E-state index contributed by atoms with van der Waals surface area (Å²) in [7, 11) is 0. The number of carbonyl (C=O) groups is 3. The molecule has 0 fully saturated rings. The molecule has 0 bridgehead atoms. The Kier molecular flexibility index (Phi) is 7.50. The van der Waals surface area contributed by atoms with Crippen LogP contribution < -0.4 is 11.1 Å². The molecule has 0 saturated heterocycles. The topological polar surface area (TPSA) is 98.5 Å². The maximum Gasteiger partial charge on any atom is 0.307 e. The Hall–Kier alpha value is -2.51. The van der Waals surface area contributed by atoms with Gasteiger partial charge in [0.25, 0.3) is 5.91 Å². The van der Waals surface area contributed by atoms with Crippen molar-refractivity contribution in [1.29, 1.82) is 0 Å². The van der Waals surface area contributed by atoms with E-state index in [-0.39, 0.29) is 13.0 Å². The molecular weight excluding hydrogens is 376 g/mol. The molecule has 8 heteroatoms. The molecule has 0 heterocycles. The quantitative estimate of drug-likeness (QED) is 0.531. The molecule has 0 aliphatic rings. The van der Waals surface area contributed by atoms with Gasteiger partial charge in [-0.3, -0.25) is 14.4 Å². The van der Waals surface area contributed by atoms with Gasteiger partial charge in [-0.25, -0.2) is 0 Å². The predicted molar refractivity (Wildman–Crippen MR) is 101 cm³/mol. The first kappa shape index (κ1) is 19.8. The zero-order valence-electron chi connectivity index (χ0n) is 13.7. The van der Waals surface area contributed by atoms with Crippen molar-refractivity contribution in [2.75, 3.05) is 17.7 Å². The molecular formula is C18H17ClN2O4S. The third-order valence-corrected chi connectivity index (χ3v) is 4.73. The summed E-state index contributed by atoms with van der Waals surface area (Å²) in [6, 6.07) is 13.4. The van der Waals surface area contributed by atoms with Crippen molar-refractivity contribution in [2.45, 2.75) is 11.3 Å². The predicted octanol–water partition coefficient (Wildman–Crippen LogP) is 3.10. The fourth-order valence-electron chi connectivity index (χ4n) is 1.94. The Morgan fingerprint density at radius 2 is 1.77 bits per heavy atom. The monoisotopic (exact) mass is 392 g/mol. The van der Waals surface area contributed by atoms with Gasteiger partial charge in [-0.2, -0.15) is 0 Å². The van der Waals surface area contributed by atoms with Crippen molar-refractivity contribution < 1.29 is 19.1 Å². The SMILES string of the molecule is NC(=O)c1ccc(NC(=O)COC(=O)CCSc2ccccc2Cl)cc1. The lowest BCUT2D eigenvalue weighted by molar-refractivity contribution is -0.146. The number of nitrogens with one attached hydrogen (secondary N) is 1. The van der Waals surface area contributed by atoms with E-state index in [4.69, 9.17) is 22.1 Å². The minimum atomic E-state index is -0.550. The van der Waals surface area contributed by atoms with Gasteiger partial charge in [-0.1, -0.05) is 23.7 Å². The third-order valence-electron chi connectivity index (χ3n) is 3.22. The summed E-state index contributed by atoms with van der Waals surface area (Å²) in [5.41, 5.74) is 5.95. The van der Waals surface area contributed by atoms with Crippen LogP contribution >= 0.6 is 23.4 Å². The molecule has 2 rings (SSSR count). The Balaban J connectivity index is 1.69. The van der Waals surface area contributed by atoms with Gasteiger partial charge < -0.3 is 15.8 Å². The summed E-state index contributed by atoms with van der Waals surface area (Å²) in [6.07, 6.45) is 0.163. The van der Waals surface area contributed by atoms with Gasteiger partial charge >= 0.3 is 5.97 Å². The van der Waals surface area contributed by atoms with E-state index in [0.29, 0.717) is 22.0 Å². The Labute approximate surface area is 160 Å². The fourth-order valence-corrected chi connectivity index (χ4v) is 3.11. The van der Waals surface area contributed by atoms with E-state index >= 15 is 0 Å². The molecule has 6 nitrogen and oxygen atoms in total. The van der Waals surface area contributed by atoms with Crippen LogP contribution in [0.4, 0.5) is 5.69 Å². The Morgan fingerprint density at radius 3 is 2.42 bits per heavy atom. The van der Waals surface area contributed by atoms with Gasteiger partial charge in [-0.05, 0) is 36.4 Å². The number of rotatable bonds is 8. The van der Waals surface area contributed by atoms with E-state index in [9.17, 15) is 14.4 Å². The minimum Gasteiger partial charge on any atom is -0.456 e. The van der Waals surface area contributed by atoms with Gasteiger partial charge in [0, 0.05) is 21.9 Å². The van der Waals surface area contributed by atoms with Gasteiger partial charge in [0.15, 0.2) is 6.61 Å². The summed E-state index contributed by atoms with van der Waals surface area (Å²) in [5, 5.41) is 3.19. The lowest BCUT2D eigenvalue weighted by Gasteiger charge is -2.07. The van der Waals surface area contributed by atoms with E-state index in [1.807, 2.05) is 18.2 Å². The van der Waals surface area contributed by atoms with Crippen molar-refractivity contribution in [1.82, 2.24) is 0 Å². The van der Waals surface area contributed by atoms with Crippen LogP contribution in [-0.4, -0.2) is 30.1 Å². The smallest absolute Gasteiger partial charge is 0.307 e. The van der Waals surface area contributed by atoms with Crippen LogP contribution in [-0.2, 0) is 14.3 Å². The van der Waals surface area contributed by atoms with Crippen LogP contribution in [0.15, 0.2) is 53.4 Å². The number of nitrogens with two attached hydrogens (primary N) is 1. The Bertz CT molecular complexity index is 796. The van der Waals surface area contributed by atoms with Crippen LogP contribution in [0.1, 0.15) is 16.8 Å². The van der Waals surface area contributed by atoms with Crippen molar-refractivity contribution in [3.63, 3.8) is 0 Å². The maximum absolute atomic E-state index is 11.8. The van der Waals surface area contributed by atoms with Crippen molar-refractivity contribution in [3.8, 4) is 0 Å². The number of primary amides is 1. The first-order chi connectivity index (χ1) is 12.5. The zero-order chi connectivity index (χ0) is 18.9. The van der Waals surface area contributed by atoms with Gasteiger partial charge in [-0.15, -0.1) is 11.8 Å². The highest BCUT2D eigenvalue weighted by molar-refractivity contribution is 7.99. The van der Waals surface area contributed by atoms with E-state index in [1.54, 1.807) is 18.2 Å². The number of hydrogen-bond donors (Lipinski definition) is 2. The van der Waals surface area contributed by atoms with Crippen LogP contribution in [0.25, 0.3) is 0 Å². The second kappa shape index (κ2) is 9.84. The highest BCUT2D eigenvalue weighted by Crippen LogP contribution is 2.26. The van der Waals surface area contributed by atoms with E-state index in [2.05, 4.69) is 5.32 Å². The fraction of sp³-hybridized carbons (Fsp3) is 0.167. The van der Waals surface area contributed by atoms with Crippen LogP contribution in [0.2, 0.25) is 5.02 Å². The molecule has 136 valence electrons. The molecule has 0 radical (unpaired) electrons. The number of amides is 2. The molecule has 0 aliphatic heterocycles. The summed E-state index contributed by atoms with van der Waals surface area (Å²) in [6.45, 7) is -0.382. The number of hydrogen-bond acceptors (Lipinski definition) is 5. The average molecular weight is 393 g/mol. The van der Waals surface area contributed by atoms with Gasteiger partial charge in [0.2, 0.25) is 5.91 Å². The highest BCUT2D eigenvalue weighted by Gasteiger charge is 2.09. The number of anilines is 1. The molecule has 26 heavy (non-hydrogen) atoms. The van der Waals surface area contributed by atoms with Crippen molar-refractivity contribution in [2.24, 2.45) is 5.73 Å². The molecule has 3 N–H and O–H groups in total. The van der Waals surface area contributed by atoms with E-state index in [0.717, 1.165) is 4.90 Å². The number of esters is 1. The third kappa shape index (κ3) is 6.42. The number of benzene rings is 2. The molecule has 0 spiro atoms. The number of ether oxygens (including phenoxy) is 1. The highest BCUT2D eigenvalue weighted by atomic mass is 35.5. The summed E-state index contributed by atoms with van der Waals surface area (Å²) in [5.74, 6) is -0.988. The van der Waals surface area contributed by atoms with Crippen molar-refractivity contribution >= 4 is 46.8 Å². The van der Waals surface area contributed by atoms with Gasteiger partial charge in [0.05, 0.1) is 11.4 Å². The minimum absolute atomic E-state index is 0.163. The lowest BCUT2D eigenvalue weighted by atomic mass is 10.2. The van der Waals surface area contributed by atoms with Crippen molar-refractivity contribution in [3.05, 3.63) is 59.1 Å². The van der Waals surface area contributed by atoms with E-state index in [1.165, 1.54) is 23.9 Å². The second-order valence-electron chi connectivity index (χ2n) is 5.18.